The van der Waals surface area contributed by atoms with Gasteiger partial charge in [0.05, 0.1) is 16.1 Å². The number of rotatable bonds is 1. The van der Waals surface area contributed by atoms with Crippen molar-refractivity contribution in [1.29, 1.82) is 0 Å². The van der Waals surface area contributed by atoms with Crippen LogP contribution in [0.15, 0.2) is 21.7 Å². The average Bonchev–Trinajstić information content (AvgIpc) is 2.32. The Labute approximate surface area is 96.5 Å². The zero-order chi connectivity index (χ0) is 11.3. The van der Waals surface area contributed by atoms with E-state index in [1.807, 2.05) is 10.4 Å². The Balaban J connectivity index is 2.50. The molecule has 0 N–H and O–H groups in total. The van der Waals surface area contributed by atoms with Crippen molar-refractivity contribution in [3.63, 3.8) is 0 Å². The van der Waals surface area contributed by atoms with Gasteiger partial charge in [0.15, 0.2) is 0 Å². The number of fused-ring (bicyclic) bond motifs is 1. The highest BCUT2D eigenvalue weighted by atomic mass is 28.4. The third kappa shape index (κ3) is 1.94. The molecule has 2 rings (SSSR count). The highest BCUT2D eigenvalue weighted by Crippen LogP contribution is 2.44. The summed E-state index contributed by atoms with van der Waals surface area (Å²) in [6.45, 7) is 12.7. The van der Waals surface area contributed by atoms with Crippen molar-refractivity contribution in [2.75, 3.05) is 0 Å². The van der Waals surface area contributed by atoms with Crippen molar-refractivity contribution in [3.8, 4) is 0 Å². The van der Waals surface area contributed by atoms with Gasteiger partial charge in [-0.2, -0.15) is 0 Å². The lowest BCUT2D eigenvalue weighted by Crippen LogP contribution is -2.40. The second-order valence-corrected chi connectivity index (χ2v) is 16.4. The molecule has 1 fully saturated rings. The van der Waals surface area contributed by atoms with Crippen LogP contribution in [-0.2, 0) is 0 Å². The molecule has 2 aliphatic rings. The van der Waals surface area contributed by atoms with E-state index in [1.54, 1.807) is 5.57 Å². The van der Waals surface area contributed by atoms with E-state index in [9.17, 15) is 0 Å². The minimum atomic E-state index is -1.15. The minimum absolute atomic E-state index is 1.08. The molecule has 1 heterocycles. The Hall–Kier alpha value is -0.0862. The monoisotopic (exact) mass is 236 g/mol. The first-order valence-electron chi connectivity index (χ1n) is 6.28. The van der Waals surface area contributed by atoms with Crippen molar-refractivity contribution in [2.45, 2.75) is 58.4 Å². The van der Waals surface area contributed by atoms with E-state index in [0.29, 0.717) is 0 Å². The second kappa shape index (κ2) is 3.46. The molecule has 0 aromatic carbocycles. The summed E-state index contributed by atoms with van der Waals surface area (Å²) in [5.41, 5.74) is 6.29. The van der Waals surface area contributed by atoms with E-state index in [0.717, 1.165) is 0 Å². The topological polar surface area (TPSA) is 0 Å². The molecule has 2 heteroatoms. The van der Waals surface area contributed by atoms with Crippen LogP contribution in [0.25, 0.3) is 0 Å². The first-order valence-corrected chi connectivity index (χ1v) is 12.9. The van der Waals surface area contributed by atoms with Gasteiger partial charge in [-0.15, -0.1) is 0 Å². The van der Waals surface area contributed by atoms with Gasteiger partial charge in [0.25, 0.3) is 0 Å². The van der Waals surface area contributed by atoms with Gasteiger partial charge in [-0.1, -0.05) is 54.4 Å². The van der Waals surface area contributed by atoms with Gasteiger partial charge in [-0.05, 0) is 25.7 Å². The highest BCUT2D eigenvalue weighted by Gasteiger charge is 2.40. The molecule has 0 bridgehead atoms. The lowest BCUT2D eigenvalue weighted by Gasteiger charge is -2.31. The fourth-order valence-corrected chi connectivity index (χ4v) is 15.2. The van der Waals surface area contributed by atoms with Crippen molar-refractivity contribution in [2.24, 2.45) is 0 Å². The van der Waals surface area contributed by atoms with Crippen LogP contribution in [0.4, 0.5) is 0 Å². The van der Waals surface area contributed by atoms with Gasteiger partial charge in [0.1, 0.15) is 0 Å². The average molecular weight is 237 g/mol. The van der Waals surface area contributed by atoms with Crippen molar-refractivity contribution in [3.05, 3.63) is 21.7 Å². The smallest absolute Gasteiger partial charge is 0.0874 e. The van der Waals surface area contributed by atoms with Crippen LogP contribution in [0.5, 0.6) is 0 Å². The first kappa shape index (κ1) is 11.4. The summed E-state index contributed by atoms with van der Waals surface area (Å²) in [6.07, 6.45) is 5.63. The van der Waals surface area contributed by atoms with Gasteiger partial charge in [-0.3, -0.25) is 0 Å². The van der Waals surface area contributed by atoms with E-state index in [1.165, 1.54) is 25.7 Å². The molecule has 1 aliphatic carbocycles. The molecule has 0 aromatic heterocycles. The Morgan fingerprint density at radius 1 is 1.07 bits per heavy atom. The zero-order valence-corrected chi connectivity index (χ0v) is 12.9. The standard InChI is InChI=1S/C13H24Si2/c1-14(2,3)13-12-9-7-6-8-11(12)10-15(13,4)5/h10H,6-9H2,1-5H3. The van der Waals surface area contributed by atoms with E-state index < -0.39 is 16.1 Å². The Bertz CT molecular complexity index is 340. The molecule has 0 amide bonds. The van der Waals surface area contributed by atoms with Crippen LogP contribution in [0.1, 0.15) is 25.7 Å². The third-order valence-electron chi connectivity index (χ3n) is 3.74. The molecule has 84 valence electrons. The summed E-state index contributed by atoms with van der Waals surface area (Å²) in [7, 11) is -2.23. The van der Waals surface area contributed by atoms with Crippen molar-refractivity contribution < 1.29 is 0 Å². The number of hydrogen-bond donors (Lipinski definition) is 0. The van der Waals surface area contributed by atoms with Crippen molar-refractivity contribution in [1.82, 2.24) is 0 Å². The Kier molecular flexibility index (Phi) is 2.63. The molecule has 0 atom stereocenters. The van der Waals surface area contributed by atoms with Crippen LogP contribution in [0.2, 0.25) is 32.7 Å². The highest BCUT2D eigenvalue weighted by molar-refractivity contribution is 7.08. The SMILES string of the molecule is C[Si](C)(C)C1=C2CCCCC2=C[Si]1(C)C. The lowest BCUT2D eigenvalue weighted by atomic mass is 9.92. The molecular weight excluding hydrogens is 212 g/mol. The summed E-state index contributed by atoms with van der Waals surface area (Å²) in [6, 6.07) is 0. The minimum Gasteiger partial charge on any atom is -0.0874 e. The molecule has 0 unspecified atom stereocenters. The maximum Gasteiger partial charge on any atom is 0.0955 e. The van der Waals surface area contributed by atoms with Gasteiger partial charge in [0, 0.05) is 0 Å². The largest absolute Gasteiger partial charge is 0.0955 e. The van der Waals surface area contributed by atoms with Crippen LogP contribution >= 0.6 is 0 Å². The summed E-state index contributed by atoms with van der Waals surface area (Å²) >= 11 is 0. The molecule has 0 saturated heterocycles. The predicted octanol–water partition coefficient (Wildman–Crippen LogP) is 4.46. The Morgan fingerprint density at radius 2 is 1.67 bits per heavy atom. The zero-order valence-electron chi connectivity index (χ0n) is 10.9. The number of allylic oxidation sites excluding steroid dienone is 2. The normalized spacial score (nSPS) is 25.3. The quantitative estimate of drug-likeness (QED) is 0.590. The first-order chi connectivity index (χ1) is 6.82. The number of hydrogen-bond acceptors (Lipinski definition) is 0. The fourth-order valence-electron chi connectivity index (χ4n) is 3.69. The van der Waals surface area contributed by atoms with Gasteiger partial charge < -0.3 is 0 Å². The van der Waals surface area contributed by atoms with E-state index in [4.69, 9.17) is 0 Å². The fraction of sp³-hybridized carbons (Fsp3) is 0.692. The van der Waals surface area contributed by atoms with Crippen LogP contribution in [0, 0.1) is 0 Å². The Morgan fingerprint density at radius 3 is 2.27 bits per heavy atom. The summed E-state index contributed by atoms with van der Waals surface area (Å²) in [5, 5.41) is 0. The third-order valence-corrected chi connectivity index (χ3v) is 12.4. The molecular formula is C13H24Si2. The molecule has 1 saturated carbocycles. The van der Waals surface area contributed by atoms with Gasteiger partial charge in [0.2, 0.25) is 0 Å². The molecule has 0 nitrogen and oxygen atoms in total. The van der Waals surface area contributed by atoms with Gasteiger partial charge in [-0.25, -0.2) is 0 Å². The van der Waals surface area contributed by atoms with Crippen LogP contribution < -0.4 is 0 Å². The van der Waals surface area contributed by atoms with E-state index >= 15 is 0 Å². The maximum atomic E-state index is 2.70. The summed E-state index contributed by atoms with van der Waals surface area (Å²) in [4.78, 5) is 1.98. The second-order valence-electron chi connectivity index (χ2n) is 6.70. The molecule has 0 aromatic rings. The van der Waals surface area contributed by atoms with Crippen molar-refractivity contribution >= 4 is 16.1 Å². The van der Waals surface area contributed by atoms with E-state index in [2.05, 4.69) is 38.4 Å². The lowest BCUT2D eigenvalue weighted by molar-refractivity contribution is 0.681. The van der Waals surface area contributed by atoms with Gasteiger partial charge >= 0.3 is 0 Å². The van der Waals surface area contributed by atoms with Crippen LogP contribution in [-0.4, -0.2) is 16.1 Å². The summed E-state index contributed by atoms with van der Waals surface area (Å²) < 4.78 is 0. The van der Waals surface area contributed by atoms with E-state index in [-0.39, 0.29) is 0 Å². The predicted molar refractivity (Wildman–Crippen MR) is 74.4 cm³/mol. The molecule has 0 radical (unpaired) electrons. The molecule has 0 spiro atoms. The maximum absolute atomic E-state index is 2.70. The summed E-state index contributed by atoms with van der Waals surface area (Å²) in [5.74, 6) is 0. The molecule has 1 aliphatic heterocycles. The van der Waals surface area contributed by atoms with Crippen LogP contribution in [0.3, 0.4) is 0 Å². The molecule has 15 heavy (non-hydrogen) atoms.